The lowest BCUT2D eigenvalue weighted by Gasteiger charge is -1.98. The van der Waals surface area contributed by atoms with E-state index in [1.807, 2.05) is 24.3 Å². The third-order valence-corrected chi connectivity index (χ3v) is 3.05. The van der Waals surface area contributed by atoms with Crippen molar-refractivity contribution in [1.29, 1.82) is 0 Å². The van der Waals surface area contributed by atoms with E-state index < -0.39 is 10.0 Å². The van der Waals surface area contributed by atoms with Gasteiger partial charge in [0.15, 0.2) is 5.82 Å². The van der Waals surface area contributed by atoms with Crippen LogP contribution in [0.25, 0.3) is 10.1 Å². The third kappa shape index (κ3) is 1.85. The summed E-state index contributed by atoms with van der Waals surface area (Å²) in [6, 6.07) is 7.49. The molecule has 1 aromatic carbocycles. The van der Waals surface area contributed by atoms with Crippen molar-refractivity contribution in [3.63, 3.8) is 0 Å². The van der Waals surface area contributed by atoms with Crippen LogP contribution in [0.3, 0.4) is 0 Å². The Morgan fingerprint density at radius 2 is 2.07 bits per heavy atom. The molecule has 1 N–H and O–H groups in total. The highest BCUT2D eigenvalue weighted by Gasteiger charge is 2.08. The molecule has 0 atom stereocenters. The van der Waals surface area contributed by atoms with Crippen LogP contribution in [0.1, 0.15) is 0 Å². The van der Waals surface area contributed by atoms with Gasteiger partial charge >= 0.3 is 0 Å². The van der Waals surface area contributed by atoms with Crippen molar-refractivity contribution in [2.45, 2.75) is 0 Å². The van der Waals surface area contributed by atoms with Crippen LogP contribution in [-0.2, 0) is 10.0 Å². The second-order valence-corrected chi connectivity index (χ2v) is 5.45. The molecular formula is C8H8N2O2S2. The van der Waals surface area contributed by atoms with Gasteiger partial charge in [0.25, 0.3) is 0 Å². The summed E-state index contributed by atoms with van der Waals surface area (Å²) < 4.78 is 29.4. The predicted molar refractivity (Wildman–Crippen MR) is 58.1 cm³/mol. The fourth-order valence-electron chi connectivity index (χ4n) is 1.14. The van der Waals surface area contributed by atoms with E-state index in [4.69, 9.17) is 0 Å². The van der Waals surface area contributed by atoms with E-state index in [0.717, 1.165) is 16.3 Å². The van der Waals surface area contributed by atoms with Gasteiger partial charge in [-0.05, 0) is 23.7 Å². The fourth-order valence-corrected chi connectivity index (χ4v) is 2.44. The van der Waals surface area contributed by atoms with Gasteiger partial charge in [-0.25, -0.2) is 8.42 Å². The molecule has 0 saturated heterocycles. The molecule has 0 amide bonds. The molecule has 2 rings (SSSR count). The van der Waals surface area contributed by atoms with E-state index in [9.17, 15) is 8.42 Å². The highest BCUT2D eigenvalue weighted by atomic mass is 32.2. The first-order chi connectivity index (χ1) is 6.56. The molecule has 74 valence electrons. The summed E-state index contributed by atoms with van der Waals surface area (Å²) in [4.78, 5) is 0. The Morgan fingerprint density at radius 1 is 1.36 bits per heavy atom. The molecule has 0 aliphatic rings. The number of nitrogens with zero attached hydrogens (tertiary/aromatic N) is 1. The zero-order chi connectivity index (χ0) is 10.2. The molecule has 6 heteroatoms. The summed E-state index contributed by atoms with van der Waals surface area (Å²) >= 11 is 1.28. The molecule has 2 aromatic rings. The minimum Gasteiger partial charge on any atom is -0.266 e. The minimum absolute atomic E-state index is 0.410. The van der Waals surface area contributed by atoms with Gasteiger partial charge in [0.1, 0.15) is 0 Å². The average molecular weight is 228 g/mol. The molecule has 4 nitrogen and oxygen atoms in total. The molecule has 0 aliphatic carbocycles. The van der Waals surface area contributed by atoms with Gasteiger partial charge in [-0.2, -0.15) is 4.37 Å². The normalized spacial score (nSPS) is 11.8. The van der Waals surface area contributed by atoms with Crippen LogP contribution in [0.5, 0.6) is 0 Å². The summed E-state index contributed by atoms with van der Waals surface area (Å²) in [7, 11) is -3.24. The van der Waals surface area contributed by atoms with E-state index in [0.29, 0.717) is 5.82 Å². The lowest BCUT2D eigenvalue weighted by Crippen LogP contribution is -2.09. The monoisotopic (exact) mass is 228 g/mol. The molecule has 0 saturated carbocycles. The number of anilines is 1. The van der Waals surface area contributed by atoms with Gasteiger partial charge in [-0.1, -0.05) is 12.1 Å². The number of rotatable bonds is 2. The van der Waals surface area contributed by atoms with Crippen LogP contribution < -0.4 is 4.72 Å². The van der Waals surface area contributed by atoms with Crippen LogP contribution in [0.4, 0.5) is 5.82 Å². The summed E-state index contributed by atoms with van der Waals surface area (Å²) in [5.74, 6) is 0.410. The molecule has 1 heterocycles. The van der Waals surface area contributed by atoms with E-state index in [-0.39, 0.29) is 0 Å². The Labute approximate surface area is 85.8 Å². The van der Waals surface area contributed by atoms with E-state index >= 15 is 0 Å². The highest BCUT2D eigenvalue weighted by molar-refractivity contribution is 7.92. The number of hydrogen-bond acceptors (Lipinski definition) is 4. The minimum atomic E-state index is -3.24. The lowest BCUT2D eigenvalue weighted by molar-refractivity contribution is 0.606. The lowest BCUT2D eigenvalue weighted by atomic mass is 10.3. The maximum Gasteiger partial charge on any atom is 0.231 e. The SMILES string of the molecule is CS(=O)(=O)Nc1nsc2ccccc12. The number of sulfonamides is 1. The van der Waals surface area contributed by atoms with Crippen molar-refractivity contribution in [2.24, 2.45) is 0 Å². The van der Waals surface area contributed by atoms with E-state index in [2.05, 4.69) is 9.10 Å². The van der Waals surface area contributed by atoms with Gasteiger partial charge in [0.2, 0.25) is 10.0 Å². The van der Waals surface area contributed by atoms with Crippen molar-refractivity contribution in [1.82, 2.24) is 4.37 Å². The van der Waals surface area contributed by atoms with Crippen LogP contribution >= 0.6 is 11.5 Å². The van der Waals surface area contributed by atoms with E-state index in [1.54, 1.807) is 0 Å². The zero-order valence-electron chi connectivity index (χ0n) is 7.39. The van der Waals surface area contributed by atoms with Crippen molar-refractivity contribution >= 4 is 37.5 Å². The van der Waals surface area contributed by atoms with Gasteiger partial charge in [-0.3, -0.25) is 4.72 Å². The van der Waals surface area contributed by atoms with Crippen molar-refractivity contribution in [3.05, 3.63) is 24.3 Å². The fraction of sp³-hybridized carbons (Fsp3) is 0.125. The van der Waals surface area contributed by atoms with Crippen molar-refractivity contribution in [2.75, 3.05) is 11.0 Å². The van der Waals surface area contributed by atoms with Crippen LogP contribution in [0.2, 0.25) is 0 Å². The second kappa shape index (κ2) is 3.21. The van der Waals surface area contributed by atoms with Gasteiger partial charge in [-0.15, -0.1) is 0 Å². The summed E-state index contributed by atoms with van der Waals surface area (Å²) in [6.07, 6.45) is 1.11. The number of hydrogen-bond donors (Lipinski definition) is 1. The molecule has 1 aromatic heterocycles. The van der Waals surface area contributed by atoms with Crippen LogP contribution in [-0.4, -0.2) is 19.0 Å². The van der Waals surface area contributed by atoms with Crippen LogP contribution in [0, 0.1) is 0 Å². The molecule has 0 unspecified atom stereocenters. The largest absolute Gasteiger partial charge is 0.266 e. The number of aromatic nitrogens is 1. The highest BCUT2D eigenvalue weighted by Crippen LogP contribution is 2.26. The molecule has 0 radical (unpaired) electrons. The Hall–Kier alpha value is -1.14. The molecule has 14 heavy (non-hydrogen) atoms. The molecule has 0 aliphatic heterocycles. The van der Waals surface area contributed by atoms with Crippen molar-refractivity contribution < 1.29 is 8.42 Å². The molecular weight excluding hydrogens is 220 g/mol. The van der Waals surface area contributed by atoms with Gasteiger partial charge in [0, 0.05) is 5.39 Å². The van der Waals surface area contributed by atoms with E-state index in [1.165, 1.54) is 11.5 Å². The maximum absolute atomic E-state index is 11.0. The first-order valence-corrected chi connectivity index (χ1v) is 6.55. The van der Waals surface area contributed by atoms with Gasteiger partial charge < -0.3 is 0 Å². The smallest absolute Gasteiger partial charge is 0.231 e. The first-order valence-electron chi connectivity index (χ1n) is 3.88. The Morgan fingerprint density at radius 3 is 2.79 bits per heavy atom. The number of benzene rings is 1. The quantitative estimate of drug-likeness (QED) is 0.850. The van der Waals surface area contributed by atoms with Crippen molar-refractivity contribution in [3.8, 4) is 0 Å². The Balaban J connectivity index is 2.54. The molecule has 0 bridgehead atoms. The maximum atomic E-state index is 11.0. The molecule has 0 spiro atoms. The number of nitrogens with one attached hydrogen (secondary N) is 1. The summed E-state index contributed by atoms with van der Waals surface area (Å²) in [6.45, 7) is 0. The Kier molecular flexibility index (Phi) is 2.16. The summed E-state index contributed by atoms with van der Waals surface area (Å²) in [5, 5.41) is 0.836. The first kappa shape index (κ1) is 9.42. The molecule has 0 fully saturated rings. The number of fused-ring (bicyclic) bond motifs is 1. The standard InChI is InChI=1S/C8H8N2O2S2/c1-14(11,12)10-8-6-4-2-3-5-7(6)13-9-8/h2-5H,1H3,(H,9,10). The van der Waals surface area contributed by atoms with Gasteiger partial charge in [0.05, 0.1) is 11.0 Å². The second-order valence-electron chi connectivity index (χ2n) is 2.90. The van der Waals surface area contributed by atoms with Crippen LogP contribution in [0.15, 0.2) is 24.3 Å². The zero-order valence-corrected chi connectivity index (χ0v) is 9.02. The predicted octanol–water partition coefficient (Wildman–Crippen LogP) is 1.67. The Bertz CT molecular complexity index is 559. The summed E-state index contributed by atoms with van der Waals surface area (Å²) in [5.41, 5.74) is 0. The average Bonchev–Trinajstić information content (AvgIpc) is 2.47. The topological polar surface area (TPSA) is 59.1 Å². The third-order valence-electron chi connectivity index (χ3n) is 1.66.